The highest BCUT2D eigenvalue weighted by molar-refractivity contribution is 5.36. The van der Waals surface area contributed by atoms with Gasteiger partial charge in [-0.3, -0.25) is 0 Å². The van der Waals surface area contributed by atoms with E-state index in [4.69, 9.17) is 0 Å². The van der Waals surface area contributed by atoms with Crippen LogP contribution in [0.3, 0.4) is 0 Å². The number of fused-ring (bicyclic) bond motifs is 1. The van der Waals surface area contributed by atoms with Gasteiger partial charge in [0.2, 0.25) is 5.95 Å². The number of aryl methyl sites for hydroxylation is 2. The lowest BCUT2D eigenvalue weighted by Crippen LogP contribution is -2.40. The van der Waals surface area contributed by atoms with E-state index in [1.807, 2.05) is 0 Å². The van der Waals surface area contributed by atoms with Gasteiger partial charge in [0, 0.05) is 31.9 Å². The Bertz CT molecular complexity index is 384. The number of imidazole rings is 1. The minimum absolute atomic E-state index is 0.686. The molecule has 4 nitrogen and oxygen atoms in total. The van der Waals surface area contributed by atoms with E-state index in [0.29, 0.717) is 6.04 Å². The molecule has 94 valence electrons. The Morgan fingerprint density at radius 2 is 2.35 bits per heavy atom. The van der Waals surface area contributed by atoms with Gasteiger partial charge in [0.1, 0.15) is 0 Å². The van der Waals surface area contributed by atoms with Crippen LogP contribution in [0.2, 0.25) is 0 Å². The molecule has 2 fully saturated rings. The van der Waals surface area contributed by atoms with E-state index in [2.05, 4.69) is 39.8 Å². The summed E-state index contributed by atoms with van der Waals surface area (Å²) in [5.74, 6) is 1.99. The summed E-state index contributed by atoms with van der Waals surface area (Å²) in [6, 6.07) is 0.686. The second kappa shape index (κ2) is 4.33. The Kier molecular flexibility index (Phi) is 2.82. The van der Waals surface area contributed by atoms with Crippen LogP contribution < -0.4 is 10.2 Å². The van der Waals surface area contributed by atoms with Crippen molar-refractivity contribution in [2.24, 2.45) is 5.92 Å². The minimum Gasteiger partial charge on any atom is -0.340 e. The van der Waals surface area contributed by atoms with Gasteiger partial charge < -0.3 is 14.8 Å². The van der Waals surface area contributed by atoms with E-state index in [1.165, 1.54) is 31.9 Å². The van der Waals surface area contributed by atoms with Crippen LogP contribution in [-0.2, 0) is 6.54 Å². The van der Waals surface area contributed by atoms with Crippen LogP contribution in [0, 0.1) is 12.8 Å². The number of hydrogen-bond acceptors (Lipinski definition) is 3. The number of aromatic nitrogens is 2. The fraction of sp³-hybridized carbons (Fsp3) is 0.769. The average molecular weight is 234 g/mol. The summed E-state index contributed by atoms with van der Waals surface area (Å²) in [6.07, 6.45) is 4.86. The summed E-state index contributed by atoms with van der Waals surface area (Å²) < 4.78 is 2.27. The number of rotatable bonds is 2. The third kappa shape index (κ3) is 1.95. The summed E-state index contributed by atoms with van der Waals surface area (Å²) >= 11 is 0. The normalized spacial score (nSPS) is 28.5. The molecule has 0 aromatic carbocycles. The first-order chi connectivity index (χ1) is 8.28. The highest BCUT2D eigenvalue weighted by Crippen LogP contribution is 2.28. The fourth-order valence-electron chi connectivity index (χ4n) is 3.23. The molecule has 3 rings (SSSR count). The van der Waals surface area contributed by atoms with Crippen molar-refractivity contribution in [2.45, 2.75) is 39.3 Å². The second-order valence-electron chi connectivity index (χ2n) is 5.34. The Morgan fingerprint density at radius 1 is 1.47 bits per heavy atom. The molecule has 0 saturated carbocycles. The molecule has 4 heteroatoms. The van der Waals surface area contributed by atoms with Gasteiger partial charge in [-0.1, -0.05) is 0 Å². The first-order valence-electron chi connectivity index (χ1n) is 6.80. The third-order valence-corrected chi connectivity index (χ3v) is 4.10. The molecule has 0 aliphatic carbocycles. The van der Waals surface area contributed by atoms with Crippen molar-refractivity contribution >= 4 is 5.95 Å². The van der Waals surface area contributed by atoms with E-state index in [1.54, 1.807) is 0 Å². The fourth-order valence-corrected chi connectivity index (χ4v) is 3.23. The summed E-state index contributed by atoms with van der Waals surface area (Å²) in [5.41, 5.74) is 1.13. The van der Waals surface area contributed by atoms with Crippen LogP contribution in [-0.4, -0.2) is 35.2 Å². The molecule has 2 saturated heterocycles. The van der Waals surface area contributed by atoms with Gasteiger partial charge in [0.15, 0.2) is 0 Å². The highest BCUT2D eigenvalue weighted by Gasteiger charge is 2.35. The van der Waals surface area contributed by atoms with Crippen LogP contribution >= 0.6 is 0 Å². The summed E-state index contributed by atoms with van der Waals surface area (Å²) in [5, 5.41) is 3.65. The lowest BCUT2D eigenvalue weighted by atomic mass is 9.94. The number of piperidine rings is 1. The Balaban J connectivity index is 1.80. The molecule has 0 spiro atoms. The Hall–Kier alpha value is -1.03. The molecule has 0 unspecified atom stereocenters. The largest absolute Gasteiger partial charge is 0.340 e. The maximum atomic E-state index is 4.68. The van der Waals surface area contributed by atoms with E-state index in [-0.39, 0.29) is 0 Å². The van der Waals surface area contributed by atoms with Gasteiger partial charge in [-0.25, -0.2) is 4.98 Å². The standard InChI is InChI=1S/C13H22N4/c1-3-16-7-10(2)15-13(16)17-8-11-5-4-6-14-12(11)9-17/h7,11-12,14H,3-6,8-9H2,1-2H3/t11-,12+/m0/s1. The van der Waals surface area contributed by atoms with Crippen LogP contribution in [0.15, 0.2) is 6.20 Å². The maximum Gasteiger partial charge on any atom is 0.205 e. The second-order valence-corrected chi connectivity index (χ2v) is 5.34. The minimum atomic E-state index is 0.686. The van der Waals surface area contributed by atoms with E-state index >= 15 is 0 Å². The van der Waals surface area contributed by atoms with E-state index in [9.17, 15) is 0 Å². The van der Waals surface area contributed by atoms with Gasteiger partial charge in [-0.2, -0.15) is 0 Å². The van der Waals surface area contributed by atoms with Crippen molar-refractivity contribution in [1.82, 2.24) is 14.9 Å². The van der Waals surface area contributed by atoms with Crippen LogP contribution in [0.4, 0.5) is 5.95 Å². The van der Waals surface area contributed by atoms with Gasteiger partial charge in [-0.05, 0) is 39.2 Å². The third-order valence-electron chi connectivity index (χ3n) is 4.10. The van der Waals surface area contributed by atoms with Gasteiger partial charge in [-0.15, -0.1) is 0 Å². The monoisotopic (exact) mass is 234 g/mol. The maximum absolute atomic E-state index is 4.68. The van der Waals surface area contributed by atoms with Crippen molar-refractivity contribution in [3.63, 3.8) is 0 Å². The zero-order chi connectivity index (χ0) is 11.8. The molecule has 1 aromatic heterocycles. The van der Waals surface area contributed by atoms with Crippen molar-refractivity contribution in [3.05, 3.63) is 11.9 Å². The summed E-state index contributed by atoms with van der Waals surface area (Å²) in [6.45, 7) is 8.77. The number of nitrogens with one attached hydrogen (secondary N) is 1. The topological polar surface area (TPSA) is 33.1 Å². The van der Waals surface area contributed by atoms with E-state index in [0.717, 1.165) is 24.7 Å². The molecule has 1 aromatic rings. The number of hydrogen-bond donors (Lipinski definition) is 1. The summed E-state index contributed by atoms with van der Waals surface area (Å²) in [7, 11) is 0. The van der Waals surface area contributed by atoms with Crippen molar-refractivity contribution < 1.29 is 0 Å². The average Bonchev–Trinajstić information content (AvgIpc) is 2.91. The summed E-state index contributed by atoms with van der Waals surface area (Å²) in [4.78, 5) is 7.14. The highest BCUT2D eigenvalue weighted by atomic mass is 15.3. The zero-order valence-electron chi connectivity index (χ0n) is 10.8. The number of anilines is 1. The van der Waals surface area contributed by atoms with Crippen molar-refractivity contribution in [2.75, 3.05) is 24.5 Å². The van der Waals surface area contributed by atoms with E-state index < -0.39 is 0 Å². The lowest BCUT2D eigenvalue weighted by Gasteiger charge is -2.24. The molecule has 2 aliphatic rings. The van der Waals surface area contributed by atoms with Gasteiger partial charge in [0.25, 0.3) is 0 Å². The quantitative estimate of drug-likeness (QED) is 0.839. The first-order valence-corrected chi connectivity index (χ1v) is 6.80. The smallest absolute Gasteiger partial charge is 0.205 e. The molecular formula is C13H22N4. The van der Waals surface area contributed by atoms with Crippen LogP contribution in [0.1, 0.15) is 25.5 Å². The Morgan fingerprint density at radius 3 is 3.12 bits per heavy atom. The Labute approximate surface area is 103 Å². The lowest BCUT2D eigenvalue weighted by molar-refractivity contribution is 0.340. The van der Waals surface area contributed by atoms with Gasteiger partial charge >= 0.3 is 0 Å². The molecule has 1 N–H and O–H groups in total. The first kappa shape index (κ1) is 11.1. The molecule has 17 heavy (non-hydrogen) atoms. The number of nitrogens with zero attached hydrogens (tertiary/aromatic N) is 3. The molecular weight excluding hydrogens is 212 g/mol. The predicted octanol–water partition coefficient (Wildman–Crippen LogP) is 1.40. The predicted molar refractivity (Wildman–Crippen MR) is 69.4 cm³/mol. The molecule has 2 aliphatic heterocycles. The molecule has 0 radical (unpaired) electrons. The molecule has 3 heterocycles. The van der Waals surface area contributed by atoms with Crippen LogP contribution in [0.5, 0.6) is 0 Å². The molecule has 0 bridgehead atoms. The van der Waals surface area contributed by atoms with Gasteiger partial charge in [0.05, 0.1) is 5.69 Å². The van der Waals surface area contributed by atoms with Crippen LogP contribution in [0.25, 0.3) is 0 Å². The molecule has 2 atom stereocenters. The van der Waals surface area contributed by atoms with Crippen molar-refractivity contribution in [1.29, 1.82) is 0 Å². The SMILES string of the molecule is CCn1cc(C)nc1N1C[C@@H]2CCCN[C@@H]2C1. The zero-order valence-corrected chi connectivity index (χ0v) is 10.8. The van der Waals surface area contributed by atoms with Crippen molar-refractivity contribution in [3.8, 4) is 0 Å². The molecule has 0 amide bonds.